The van der Waals surface area contributed by atoms with Crippen LogP contribution in [0.3, 0.4) is 0 Å². The molecule has 0 atom stereocenters. The molecule has 0 saturated carbocycles. The van der Waals surface area contributed by atoms with Gasteiger partial charge >= 0.3 is 6.18 Å². The molecule has 180 valence electrons. The Morgan fingerprint density at radius 1 is 1.06 bits per heavy atom. The van der Waals surface area contributed by atoms with Crippen molar-refractivity contribution in [2.75, 3.05) is 18.4 Å². The van der Waals surface area contributed by atoms with Gasteiger partial charge in [-0.1, -0.05) is 17.7 Å². The van der Waals surface area contributed by atoms with E-state index in [4.69, 9.17) is 11.6 Å². The van der Waals surface area contributed by atoms with Gasteiger partial charge in [0, 0.05) is 31.9 Å². The van der Waals surface area contributed by atoms with E-state index in [1.807, 2.05) is 0 Å². The molecule has 1 aliphatic rings. The van der Waals surface area contributed by atoms with Gasteiger partial charge in [-0.05, 0) is 42.7 Å². The topological polar surface area (TPSA) is 63.1 Å². The number of anilines is 1. The van der Waals surface area contributed by atoms with E-state index in [0.29, 0.717) is 49.9 Å². The summed E-state index contributed by atoms with van der Waals surface area (Å²) in [6, 6.07) is 5.70. The highest BCUT2D eigenvalue weighted by Crippen LogP contribution is 2.29. The Morgan fingerprint density at radius 3 is 2.41 bits per heavy atom. The number of hydrogen-bond donors (Lipinski definition) is 1. The predicted molar refractivity (Wildman–Crippen MR) is 116 cm³/mol. The van der Waals surface area contributed by atoms with Crippen LogP contribution < -0.4 is 10.9 Å². The van der Waals surface area contributed by atoms with Crippen LogP contribution in [-0.2, 0) is 12.7 Å². The Balaban J connectivity index is 1.39. The maximum atomic E-state index is 13.4. The summed E-state index contributed by atoms with van der Waals surface area (Å²) in [7, 11) is 0. The minimum Gasteiger partial charge on any atom is -0.380 e. The Labute approximate surface area is 196 Å². The first kappa shape index (κ1) is 24.1. The van der Waals surface area contributed by atoms with Gasteiger partial charge in [-0.15, -0.1) is 0 Å². The largest absolute Gasteiger partial charge is 0.417 e. The average molecular weight is 500 g/mol. The number of nitrogens with zero attached hydrogens (tertiary/aromatic N) is 4. The molecule has 0 amide bonds. The van der Waals surface area contributed by atoms with Crippen molar-refractivity contribution in [1.82, 2.24) is 19.7 Å². The lowest BCUT2D eigenvalue weighted by atomic mass is 10.0. The molecule has 0 unspecified atom stereocenters. The van der Waals surface area contributed by atoms with Gasteiger partial charge in [0.15, 0.2) is 17.5 Å². The van der Waals surface area contributed by atoms with E-state index in [0.717, 1.165) is 22.9 Å². The third-order valence-electron chi connectivity index (χ3n) is 5.55. The summed E-state index contributed by atoms with van der Waals surface area (Å²) in [4.78, 5) is 18.4. The van der Waals surface area contributed by atoms with Crippen molar-refractivity contribution in [2.24, 2.45) is 0 Å². The fourth-order valence-electron chi connectivity index (χ4n) is 3.73. The normalized spacial score (nSPS) is 15.5. The third kappa shape index (κ3) is 5.36. The highest BCUT2D eigenvalue weighted by molar-refractivity contribution is 6.32. The molecule has 0 radical (unpaired) electrons. The smallest absolute Gasteiger partial charge is 0.380 e. The first-order valence-electron chi connectivity index (χ1n) is 10.4. The molecular weight excluding hydrogens is 481 g/mol. The van der Waals surface area contributed by atoms with Crippen LogP contribution in [0.4, 0.5) is 27.6 Å². The van der Waals surface area contributed by atoms with Crippen LogP contribution in [-0.4, -0.2) is 38.8 Å². The van der Waals surface area contributed by atoms with E-state index in [-0.39, 0.29) is 16.9 Å². The lowest BCUT2D eigenvalue weighted by molar-refractivity contribution is -0.137. The average Bonchev–Trinajstić information content (AvgIpc) is 2.80. The molecule has 4 rings (SSSR count). The zero-order valence-electron chi connectivity index (χ0n) is 17.6. The first-order chi connectivity index (χ1) is 16.1. The van der Waals surface area contributed by atoms with Crippen molar-refractivity contribution in [3.05, 3.63) is 80.9 Å². The van der Waals surface area contributed by atoms with E-state index in [9.17, 15) is 26.7 Å². The minimum atomic E-state index is -4.54. The molecule has 1 N–H and O–H groups in total. The van der Waals surface area contributed by atoms with Crippen LogP contribution in [0.5, 0.6) is 0 Å². The standard InChI is InChI=1S/C22H19ClF5N5O/c23-20-18(11-30-33(21(20)34)19-4-2-14(10-29-19)22(26,27)28)31-15-5-7-32(8-6-15)12-13-1-3-16(24)17(25)9-13/h1-4,9-11,15,31H,5-8,12H2. The Bertz CT molecular complexity index is 1220. The minimum absolute atomic E-state index is 0.0000482. The summed E-state index contributed by atoms with van der Waals surface area (Å²) in [6.45, 7) is 1.87. The zero-order valence-corrected chi connectivity index (χ0v) is 18.4. The van der Waals surface area contributed by atoms with Crippen LogP contribution in [0, 0.1) is 11.6 Å². The summed E-state index contributed by atoms with van der Waals surface area (Å²) >= 11 is 6.21. The number of benzene rings is 1. The SMILES string of the molecule is O=c1c(Cl)c(NC2CCN(Cc3ccc(F)c(F)c3)CC2)cnn1-c1ccc(C(F)(F)F)cn1. The second-order valence-corrected chi connectivity index (χ2v) is 8.31. The van der Waals surface area contributed by atoms with Crippen molar-refractivity contribution in [2.45, 2.75) is 31.6 Å². The van der Waals surface area contributed by atoms with E-state index >= 15 is 0 Å². The van der Waals surface area contributed by atoms with Crippen LogP contribution in [0.2, 0.25) is 5.02 Å². The second-order valence-electron chi connectivity index (χ2n) is 7.94. The highest BCUT2D eigenvalue weighted by Gasteiger charge is 2.31. The number of aromatic nitrogens is 3. The Morgan fingerprint density at radius 2 is 1.79 bits per heavy atom. The Hall–Kier alpha value is -3.05. The van der Waals surface area contributed by atoms with Gasteiger partial charge in [-0.3, -0.25) is 9.69 Å². The number of alkyl halides is 3. The third-order valence-corrected chi connectivity index (χ3v) is 5.91. The van der Waals surface area contributed by atoms with Crippen LogP contribution in [0.1, 0.15) is 24.0 Å². The molecule has 0 aliphatic carbocycles. The zero-order chi connectivity index (χ0) is 24.5. The van der Waals surface area contributed by atoms with Crippen molar-refractivity contribution in [3.8, 4) is 5.82 Å². The van der Waals surface area contributed by atoms with Crippen molar-refractivity contribution < 1.29 is 22.0 Å². The number of nitrogens with one attached hydrogen (secondary N) is 1. The molecule has 1 aromatic carbocycles. The second kappa shape index (κ2) is 9.67. The van der Waals surface area contributed by atoms with Gasteiger partial charge in [0.2, 0.25) is 0 Å². The van der Waals surface area contributed by atoms with Gasteiger partial charge in [0.05, 0.1) is 17.4 Å². The molecule has 12 heteroatoms. The lowest BCUT2D eigenvalue weighted by Crippen LogP contribution is -2.39. The van der Waals surface area contributed by atoms with E-state index in [1.165, 1.54) is 12.3 Å². The van der Waals surface area contributed by atoms with Gasteiger partial charge in [0.25, 0.3) is 5.56 Å². The molecule has 1 saturated heterocycles. The van der Waals surface area contributed by atoms with Crippen LogP contribution in [0.25, 0.3) is 5.82 Å². The van der Waals surface area contributed by atoms with Crippen molar-refractivity contribution in [1.29, 1.82) is 0 Å². The fraction of sp³-hybridized carbons (Fsp3) is 0.318. The number of hydrogen-bond acceptors (Lipinski definition) is 5. The van der Waals surface area contributed by atoms with E-state index in [2.05, 4.69) is 20.3 Å². The lowest BCUT2D eigenvalue weighted by Gasteiger charge is -2.33. The van der Waals surface area contributed by atoms with E-state index < -0.39 is 28.9 Å². The molecule has 34 heavy (non-hydrogen) atoms. The molecular formula is C22H19ClF5N5O. The predicted octanol–water partition coefficient (Wildman–Crippen LogP) is 4.65. The van der Waals surface area contributed by atoms with Crippen molar-refractivity contribution in [3.63, 3.8) is 0 Å². The molecule has 1 aliphatic heterocycles. The summed E-state index contributed by atoms with van der Waals surface area (Å²) in [5.41, 5.74) is -0.661. The summed E-state index contributed by atoms with van der Waals surface area (Å²) in [5, 5.41) is 7.02. The highest BCUT2D eigenvalue weighted by atomic mass is 35.5. The number of halogens is 6. The molecule has 0 spiro atoms. The molecule has 1 fully saturated rings. The Kier molecular flexibility index (Phi) is 6.85. The van der Waals surface area contributed by atoms with Crippen molar-refractivity contribution >= 4 is 17.3 Å². The number of rotatable bonds is 5. The first-order valence-corrected chi connectivity index (χ1v) is 10.7. The van der Waals surface area contributed by atoms with Gasteiger partial charge in [0.1, 0.15) is 5.02 Å². The maximum Gasteiger partial charge on any atom is 0.417 e. The van der Waals surface area contributed by atoms with E-state index in [1.54, 1.807) is 6.07 Å². The summed E-state index contributed by atoms with van der Waals surface area (Å²) in [5.74, 6) is -1.84. The van der Waals surface area contributed by atoms with Gasteiger partial charge < -0.3 is 5.32 Å². The van der Waals surface area contributed by atoms with Gasteiger partial charge in [-0.25, -0.2) is 13.8 Å². The molecule has 0 bridgehead atoms. The molecule has 2 aromatic heterocycles. The molecule has 6 nitrogen and oxygen atoms in total. The maximum absolute atomic E-state index is 13.4. The number of likely N-dealkylation sites (tertiary alicyclic amines) is 1. The van der Waals surface area contributed by atoms with Crippen LogP contribution >= 0.6 is 11.6 Å². The van der Waals surface area contributed by atoms with Gasteiger partial charge in [-0.2, -0.15) is 23.0 Å². The summed E-state index contributed by atoms with van der Waals surface area (Å²) < 4.78 is 65.5. The fourth-order valence-corrected chi connectivity index (χ4v) is 3.91. The number of piperidine rings is 1. The molecule has 3 aromatic rings. The molecule has 3 heterocycles. The monoisotopic (exact) mass is 499 g/mol. The summed E-state index contributed by atoms with van der Waals surface area (Å²) in [6.07, 6.45) is -1.17. The number of pyridine rings is 1. The quantitative estimate of drug-likeness (QED) is 0.518. The van der Waals surface area contributed by atoms with Crippen LogP contribution in [0.15, 0.2) is 47.5 Å².